The van der Waals surface area contributed by atoms with E-state index in [0.717, 1.165) is 5.82 Å². The number of anilines is 1. The zero-order valence-electron chi connectivity index (χ0n) is 10.9. The molecule has 108 valence electrons. The van der Waals surface area contributed by atoms with Crippen molar-refractivity contribution in [3.8, 4) is 0 Å². The molecule has 20 heavy (non-hydrogen) atoms. The highest BCUT2D eigenvalue weighted by Gasteiger charge is 2.17. The lowest BCUT2D eigenvalue weighted by Gasteiger charge is -2.09. The molecule has 0 spiro atoms. The number of nitrogen functional groups attached to an aromatic ring is 1. The fraction of sp³-hybridized carbons (Fsp3) is 0.250. The van der Waals surface area contributed by atoms with Crippen LogP contribution in [0, 0.1) is 0 Å². The fourth-order valence-corrected chi connectivity index (χ4v) is 3.45. The van der Waals surface area contributed by atoms with Crippen molar-refractivity contribution < 1.29 is 8.42 Å². The Hall–Kier alpha value is -1.38. The maximum absolute atomic E-state index is 12.2. The first kappa shape index (κ1) is 15.0. The first-order valence-corrected chi connectivity index (χ1v) is 8.18. The molecule has 8 heteroatoms. The predicted molar refractivity (Wildman–Crippen MR) is 80.7 cm³/mol. The molecular weight excluding hydrogens is 344 g/mol. The van der Waals surface area contributed by atoms with Crippen LogP contribution in [0.5, 0.6) is 0 Å². The van der Waals surface area contributed by atoms with Crippen molar-refractivity contribution in [2.45, 2.75) is 11.3 Å². The number of nitrogens with zero attached hydrogens (tertiary/aromatic N) is 2. The van der Waals surface area contributed by atoms with Crippen LogP contribution < -0.4 is 10.5 Å². The summed E-state index contributed by atoms with van der Waals surface area (Å²) in [5, 5.41) is 0. The van der Waals surface area contributed by atoms with E-state index >= 15 is 0 Å². The molecule has 6 nitrogen and oxygen atoms in total. The third kappa shape index (κ3) is 3.38. The number of hydrogen-bond acceptors (Lipinski definition) is 4. The molecule has 1 heterocycles. The van der Waals surface area contributed by atoms with Crippen LogP contribution in [0.15, 0.2) is 40.0 Å². The third-order valence-electron chi connectivity index (χ3n) is 2.83. The van der Waals surface area contributed by atoms with Crippen LogP contribution in [0.4, 0.5) is 5.69 Å². The van der Waals surface area contributed by atoms with Gasteiger partial charge in [-0.2, -0.15) is 0 Å². The van der Waals surface area contributed by atoms with Gasteiger partial charge in [0.15, 0.2) is 0 Å². The van der Waals surface area contributed by atoms with Crippen molar-refractivity contribution in [2.24, 2.45) is 7.05 Å². The lowest BCUT2D eigenvalue weighted by molar-refractivity contribution is 0.580. The standard InChI is InChI=1S/C12H15BrN4O2S/c1-17-7-6-15-12(17)4-5-16-20(18,19)11-8-9(13)2-3-10(11)14/h2-3,6-8,16H,4-5,14H2,1H3. The second kappa shape index (κ2) is 5.94. The van der Waals surface area contributed by atoms with E-state index in [9.17, 15) is 8.42 Å². The van der Waals surface area contributed by atoms with E-state index in [-0.39, 0.29) is 17.1 Å². The molecule has 0 saturated heterocycles. The minimum absolute atomic E-state index is 0.0757. The predicted octanol–water partition coefficient (Wildman–Crippen LogP) is 1.29. The Morgan fingerprint density at radius 2 is 2.20 bits per heavy atom. The SMILES string of the molecule is Cn1ccnc1CCNS(=O)(=O)c1cc(Br)ccc1N. The maximum atomic E-state index is 12.2. The van der Waals surface area contributed by atoms with E-state index in [0.29, 0.717) is 10.9 Å². The summed E-state index contributed by atoms with van der Waals surface area (Å²) in [6, 6.07) is 4.73. The van der Waals surface area contributed by atoms with Gasteiger partial charge >= 0.3 is 0 Å². The molecule has 2 rings (SSSR count). The molecule has 0 unspecified atom stereocenters. The first-order valence-electron chi connectivity index (χ1n) is 5.91. The molecule has 0 amide bonds. The number of imidazole rings is 1. The summed E-state index contributed by atoms with van der Waals surface area (Å²) in [5.74, 6) is 0.815. The summed E-state index contributed by atoms with van der Waals surface area (Å²) in [6.45, 7) is 0.263. The average Bonchev–Trinajstić information content (AvgIpc) is 2.78. The number of halogens is 1. The van der Waals surface area contributed by atoms with Gasteiger partial charge < -0.3 is 10.3 Å². The minimum atomic E-state index is -3.62. The molecule has 0 bridgehead atoms. The molecule has 0 aliphatic carbocycles. The molecular formula is C12H15BrN4O2S. The van der Waals surface area contributed by atoms with Crippen molar-refractivity contribution >= 4 is 31.6 Å². The Bertz CT molecular complexity index is 712. The highest BCUT2D eigenvalue weighted by Crippen LogP contribution is 2.22. The van der Waals surface area contributed by atoms with Gasteiger partial charge in [-0.25, -0.2) is 18.1 Å². The van der Waals surface area contributed by atoms with Gasteiger partial charge in [0.2, 0.25) is 10.0 Å². The number of aromatic nitrogens is 2. The van der Waals surface area contributed by atoms with E-state index in [1.54, 1.807) is 18.3 Å². The van der Waals surface area contributed by atoms with Crippen molar-refractivity contribution in [3.63, 3.8) is 0 Å². The zero-order valence-corrected chi connectivity index (χ0v) is 13.3. The molecule has 0 radical (unpaired) electrons. The number of benzene rings is 1. The van der Waals surface area contributed by atoms with Crippen molar-refractivity contribution in [1.82, 2.24) is 14.3 Å². The van der Waals surface area contributed by atoms with Gasteiger partial charge in [-0.05, 0) is 18.2 Å². The average molecular weight is 359 g/mol. The van der Waals surface area contributed by atoms with Gasteiger partial charge in [-0.1, -0.05) is 15.9 Å². The number of nitrogens with two attached hydrogens (primary N) is 1. The lowest BCUT2D eigenvalue weighted by atomic mass is 10.3. The van der Waals surface area contributed by atoms with Crippen LogP contribution in [-0.2, 0) is 23.5 Å². The molecule has 1 aromatic heterocycles. The molecule has 0 atom stereocenters. The Kier molecular flexibility index (Phi) is 4.46. The molecule has 3 N–H and O–H groups in total. The summed E-state index contributed by atoms with van der Waals surface area (Å²) in [6.07, 6.45) is 4.00. The van der Waals surface area contributed by atoms with Crippen molar-refractivity contribution in [1.29, 1.82) is 0 Å². The number of nitrogens with one attached hydrogen (secondary N) is 1. The normalized spacial score (nSPS) is 11.7. The van der Waals surface area contributed by atoms with Crippen molar-refractivity contribution in [3.05, 3.63) is 40.9 Å². The number of rotatable bonds is 5. The quantitative estimate of drug-likeness (QED) is 0.787. The van der Waals surface area contributed by atoms with Gasteiger partial charge in [0.05, 0.1) is 5.69 Å². The topological polar surface area (TPSA) is 90.0 Å². The second-order valence-electron chi connectivity index (χ2n) is 4.28. The largest absolute Gasteiger partial charge is 0.398 e. The molecule has 0 saturated carbocycles. The van der Waals surface area contributed by atoms with Gasteiger partial charge in [-0.3, -0.25) is 0 Å². The Labute approximate surface area is 126 Å². The summed E-state index contributed by atoms with van der Waals surface area (Å²) in [4.78, 5) is 4.21. The van der Waals surface area contributed by atoms with Gasteiger partial charge in [0, 0.05) is 36.9 Å². The maximum Gasteiger partial charge on any atom is 0.242 e. The molecule has 1 aromatic carbocycles. The Balaban J connectivity index is 2.08. The van der Waals surface area contributed by atoms with E-state index in [2.05, 4.69) is 25.6 Å². The smallest absolute Gasteiger partial charge is 0.242 e. The van der Waals surface area contributed by atoms with Crippen LogP contribution in [-0.4, -0.2) is 24.5 Å². The van der Waals surface area contributed by atoms with Crippen LogP contribution in [0.3, 0.4) is 0 Å². The van der Waals surface area contributed by atoms with E-state index in [4.69, 9.17) is 5.73 Å². The minimum Gasteiger partial charge on any atom is -0.398 e. The third-order valence-corrected chi connectivity index (χ3v) is 4.84. The first-order chi connectivity index (χ1) is 9.40. The number of aryl methyl sites for hydroxylation is 1. The zero-order chi connectivity index (χ0) is 14.8. The molecule has 0 aliphatic rings. The van der Waals surface area contributed by atoms with Crippen LogP contribution in [0.25, 0.3) is 0 Å². The lowest BCUT2D eigenvalue weighted by Crippen LogP contribution is -2.27. The van der Waals surface area contributed by atoms with Gasteiger partial charge in [0.1, 0.15) is 10.7 Å². The molecule has 0 fully saturated rings. The van der Waals surface area contributed by atoms with Gasteiger partial charge in [0.25, 0.3) is 0 Å². The van der Waals surface area contributed by atoms with Crippen LogP contribution in [0.1, 0.15) is 5.82 Å². The van der Waals surface area contributed by atoms with E-state index in [1.807, 2.05) is 17.8 Å². The van der Waals surface area contributed by atoms with E-state index < -0.39 is 10.0 Å². The van der Waals surface area contributed by atoms with Crippen molar-refractivity contribution in [2.75, 3.05) is 12.3 Å². The monoisotopic (exact) mass is 358 g/mol. The molecule has 0 aliphatic heterocycles. The van der Waals surface area contributed by atoms with Crippen LogP contribution in [0.2, 0.25) is 0 Å². The summed E-state index contributed by atoms with van der Waals surface area (Å²) in [5.41, 5.74) is 5.93. The Morgan fingerprint density at radius 1 is 1.45 bits per heavy atom. The summed E-state index contributed by atoms with van der Waals surface area (Å²) >= 11 is 3.24. The summed E-state index contributed by atoms with van der Waals surface area (Å²) < 4.78 is 29.4. The number of hydrogen-bond donors (Lipinski definition) is 2. The highest BCUT2D eigenvalue weighted by atomic mass is 79.9. The van der Waals surface area contributed by atoms with Crippen LogP contribution >= 0.6 is 15.9 Å². The number of sulfonamides is 1. The van der Waals surface area contributed by atoms with E-state index in [1.165, 1.54) is 6.07 Å². The summed E-state index contributed by atoms with van der Waals surface area (Å²) in [7, 11) is -1.76. The fourth-order valence-electron chi connectivity index (χ4n) is 1.75. The van der Waals surface area contributed by atoms with Gasteiger partial charge in [-0.15, -0.1) is 0 Å². The second-order valence-corrected chi connectivity index (χ2v) is 6.94. The Morgan fingerprint density at radius 3 is 2.85 bits per heavy atom. The molecule has 2 aromatic rings. The highest BCUT2D eigenvalue weighted by molar-refractivity contribution is 9.10.